The molecule has 1 aliphatic heterocycles. The molecule has 20 heavy (non-hydrogen) atoms. The summed E-state index contributed by atoms with van der Waals surface area (Å²) in [5.41, 5.74) is 13.5. The number of hydrogen-bond acceptors (Lipinski definition) is 6. The lowest BCUT2D eigenvalue weighted by Crippen LogP contribution is -2.38. The molecule has 0 saturated carbocycles. The molecule has 1 aromatic carbocycles. The zero-order valence-corrected chi connectivity index (χ0v) is 11.6. The van der Waals surface area contributed by atoms with Crippen molar-refractivity contribution in [1.82, 2.24) is 20.2 Å². The van der Waals surface area contributed by atoms with E-state index in [0.29, 0.717) is 23.8 Å². The number of nitrogens with zero attached hydrogens (tertiary/aromatic N) is 4. The Morgan fingerprint density at radius 2 is 2.20 bits per heavy atom. The SMILES string of the molecule is CC1OCCC1(C)n1nnnc1-c1ccc(N)cc1N. The molecule has 106 valence electrons. The van der Waals surface area contributed by atoms with Crippen LogP contribution >= 0.6 is 0 Å². The second-order valence-electron chi connectivity index (χ2n) is 5.38. The van der Waals surface area contributed by atoms with Crippen LogP contribution < -0.4 is 11.5 Å². The number of anilines is 2. The maximum atomic E-state index is 6.04. The molecule has 0 aliphatic carbocycles. The van der Waals surface area contributed by atoms with E-state index in [1.807, 2.05) is 17.7 Å². The molecule has 3 rings (SSSR count). The quantitative estimate of drug-likeness (QED) is 0.792. The Hall–Kier alpha value is -2.15. The first-order chi connectivity index (χ1) is 9.52. The third kappa shape index (κ3) is 1.82. The molecule has 7 heteroatoms. The summed E-state index contributed by atoms with van der Waals surface area (Å²) >= 11 is 0. The average molecular weight is 274 g/mol. The summed E-state index contributed by atoms with van der Waals surface area (Å²) in [6.45, 7) is 4.83. The number of benzene rings is 1. The number of ether oxygens (including phenoxy) is 1. The van der Waals surface area contributed by atoms with Gasteiger partial charge in [0, 0.05) is 23.5 Å². The number of aromatic nitrogens is 4. The Kier molecular flexibility index (Phi) is 2.86. The Morgan fingerprint density at radius 1 is 1.40 bits per heavy atom. The van der Waals surface area contributed by atoms with Gasteiger partial charge >= 0.3 is 0 Å². The van der Waals surface area contributed by atoms with E-state index in [2.05, 4.69) is 22.4 Å². The van der Waals surface area contributed by atoms with Gasteiger partial charge in [0.2, 0.25) is 0 Å². The van der Waals surface area contributed by atoms with Crippen molar-refractivity contribution in [3.05, 3.63) is 18.2 Å². The van der Waals surface area contributed by atoms with Crippen LogP contribution in [0, 0.1) is 0 Å². The van der Waals surface area contributed by atoms with Gasteiger partial charge in [0.15, 0.2) is 5.82 Å². The van der Waals surface area contributed by atoms with Crippen molar-refractivity contribution in [2.24, 2.45) is 0 Å². The molecule has 1 aliphatic rings. The van der Waals surface area contributed by atoms with E-state index in [1.165, 1.54) is 0 Å². The first-order valence-electron chi connectivity index (χ1n) is 6.58. The fraction of sp³-hybridized carbons (Fsp3) is 0.462. The third-order valence-corrected chi connectivity index (χ3v) is 4.12. The van der Waals surface area contributed by atoms with Crippen LogP contribution in [-0.4, -0.2) is 32.9 Å². The highest BCUT2D eigenvalue weighted by Gasteiger charge is 2.41. The summed E-state index contributed by atoms with van der Waals surface area (Å²) in [6, 6.07) is 5.35. The second kappa shape index (κ2) is 4.45. The minimum absolute atomic E-state index is 0.0414. The molecular formula is C13H18N6O. The summed E-state index contributed by atoms with van der Waals surface area (Å²) in [5.74, 6) is 0.641. The van der Waals surface area contributed by atoms with Gasteiger partial charge in [-0.25, -0.2) is 4.68 Å². The molecule has 2 aromatic rings. The van der Waals surface area contributed by atoms with Crippen LogP contribution in [0.4, 0.5) is 11.4 Å². The summed E-state index contributed by atoms with van der Waals surface area (Å²) in [4.78, 5) is 0. The molecular weight excluding hydrogens is 256 g/mol. The predicted molar refractivity (Wildman–Crippen MR) is 75.8 cm³/mol. The molecule has 0 bridgehead atoms. The number of rotatable bonds is 2. The topological polar surface area (TPSA) is 105 Å². The molecule has 1 aromatic heterocycles. The van der Waals surface area contributed by atoms with E-state index >= 15 is 0 Å². The fourth-order valence-electron chi connectivity index (χ4n) is 2.59. The molecule has 4 N–H and O–H groups in total. The van der Waals surface area contributed by atoms with Gasteiger partial charge in [0.25, 0.3) is 0 Å². The second-order valence-corrected chi connectivity index (χ2v) is 5.38. The Bertz CT molecular complexity index is 640. The highest BCUT2D eigenvalue weighted by atomic mass is 16.5. The van der Waals surface area contributed by atoms with Crippen molar-refractivity contribution in [2.45, 2.75) is 31.9 Å². The van der Waals surface area contributed by atoms with Crippen molar-refractivity contribution in [3.8, 4) is 11.4 Å². The van der Waals surface area contributed by atoms with Gasteiger partial charge in [0.1, 0.15) is 0 Å². The van der Waals surface area contributed by atoms with Crippen molar-refractivity contribution in [2.75, 3.05) is 18.1 Å². The molecule has 7 nitrogen and oxygen atoms in total. The van der Waals surface area contributed by atoms with E-state index in [-0.39, 0.29) is 11.6 Å². The van der Waals surface area contributed by atoms with Crippen molar-refractivity contribution in [1.29, 1.82) is 0 Å². The van der Waals surface area contributed by atoms with Crippen LogP contribution in [-0.2, 0) is 10.3 Å². The Labute approximate surface area is 116 Å². The minimum Gasteiger partial charge on any atom is -0.399 e. The van der Waals surface area contributed by atoms with Crippen molar-refractivity contribution in [3.63, 3.8) is 0 Å². The molecule has 2 heterocycles. The third-order valence-electron chi connectivity index (χ3n) is 4.12. The number of nitrogen functional groups attached to an aromatic ring is 2. The van der Waals surface area contributed by atoms with Crippen LogP contribution in [0.2, 0.25) is 0 Å². The van der Waals surface area contributed by atoms with E-state index in [1.54, 1.807) is 12.1 Å². The normalized spacial score (nSPS) is 26.0. The van der Waals surface area contributed by atoms with E-state index in [9.17, 15) is 0 Å². The molecule has 0 radical (unpaired) electrons. The van der Waals surface area contributed by atoms with Gasteiger partial charge in [-0.3, -0.25) is 0 Å². The highest BCUT2D eigenvalue weighted by molar-refractivity contribution is 5.74. The molecule has 0 amide bonds. The first kappa shape index (κ1) is 12.9. The van der Waals surface area contributed by atoms with Crippen LogP contribution in [0.1, 0.15) is 20.3 Å². The average Bonchev–Trinajstić information content (AvgIpc) is 2.99. The number of nitrogens with two attached hydrogens (primary N) is 2. The van der Waals surface area contributed by atoms with Crippen LogP contribution in [0.5, 0.6) is 0 Å². The van der Waals surface area contributed by atoms with E-state index in [4.69, 9.17) is 16.2 Å². The lowest BCUT2D eigenvalue weighted by molar-refractivity contribution is 0.0706. The van der Waals surface area contributed by atoms with Gasteiger partial charge in [0.05, 0.1) is 11.6 Å². The summed E-state index contributed by atoms with van der Waals surface area (Å²) in [7, 11) is 0. The van der Waals surface area contributed by atoms with Crippen LogP contribution in [0.15, 0.2) is 18.2 Å². The van der Waals surface area contributed by atoms with Gasteiger partial charge in [-0.2, -0.15) is 0 Å². The Morgan fingerprint density at radius 3 is 2.85 bits per heavy atom. The van der Waals surface area contributed by atoms with Crippen LogP contribution in [0.25, 0.3) is 11.4 Å². The molecule has 1 saturated heterocycles. The minimum atomic E-state index is -0.271. The van der Waals surface area contributed by atoms with E-state index < -0.39 is 0 Å². The molecule has 2 atom stereocenters. The molecule has 2 unspecified atom stereocenters. The lowest BCUT2D eigenvalue weighted by Gasteiger charge is -2.28. The first-order valence-corrected chi connectivity index (χ1v) is 6.58. The van der Waals surface area contributed by atoms with Gasteiger partial charge < -0.3 is 16.2 Å². The summed E-state index contributed by atoms with van der Waals surface area (Å²) in [6.07, 6.45) is 0.904. The summed E-state index contributed by atoms with van der Waals surface area (Å²) in [5, 5.41) is 12.1. The zero-order valence-electron chi connectivity index (χ0n) is 11.6. The van der Waals surface area contributed by atoms with Gasteiger partial charge in [-0.15, -0.1) is 5.10 Å². The largest absolute Gasteiger partial charge is 0.399 e. The molecule has 0 spiro atoms. The maximum absolute atomic E-state index is 6.04. The highest BCUT2D eigenvalue weighted by Crippen LogP contribution is 2.36. The Balaban J connectivity index is 2.11. The smallest absolute Gasteiger partial charge is 0.184 e. The lowest BCUT2D eigenvalue weighted by atomic mass is 9.94. The van der Waals surface area contributed by atoms with Gasteiger partial charge in [-0.05, 0) is 48.9 Å². The maximum Gasteiger partial charge on any atom is 0.184 e. The molecule has 1 fully saturated rings. The standard InChI is InChI=1S/C13H18N6O/c1-8-13(2,5-6-20-8)19-12(16-17-18-19)10-4-3-9(14)7-11(10)15/h3-4,7-8H,5-6,14-15H2,1-2H3. The predicted octanol–water partition coefficient (Wildman–Crippen LogP) is 1.03. The van der Waals surface area contributed by atoms with Crippen molar-refractivity contribution < 1.29 is 4.74 Å². The number of tetrazole rings is 1. The summed E-state index contributed by atoms with van der Waals surface area (Å²) < 4.78 is 7.48. The van der Waals surface area contributed by atoms with Gasteiger partial charge in [-0.1, -0.05) is 0 Å². The number of hydrogen-bond donors (Lipinski definition) is 2. The fourth-order valence-corrected chi connectivity index (χ4v) is 2.59. The van der Waals surface area contributed by atoms with Crippen molar-refractivity contribution >= 4 is 11.4 Å². The zero-order chi connectivity index (χ0) is 14.3. The monoisotopic (exact) mass is 274 g/mol. The van der Waals surface area contributed by atoms with E-state index in [0.717, 1.165) is 12.0 Å². The van der Waals surface area contributed by atoms with Crippen LogP contribution in [0.3, 0.4) is 0 Å².